The monoisotopic (exact) mass is 245 g/mol. The smallest absolute Gasteiger partial charge is 0.253 e. The fourth-order valence-corrected chi connectivity index (χ4v) is 1.50. The lowest BCUT2D eigenvalue weighted by Gasteiger charge is -2.11. The van der Waals surface area contributed by atoms with Crippen molar-refractivity contribution in [2.24, 2.45) is 0 Å². The van der Waals surface area contributed by atoms with Crippen LogP contribution >= 0.6 is 0 Å². The molecule has 0 spiro atoms. The van der Waals surface area contributed by atoms with E-state index in [1.165, 1.54) is 7.11 Å². The van der Waals surface area contributed by atoms with Crippen LogP contribution in [0.5, 0.6) is 0 Å². The molecular formula is C13H15N3O2. The number of ether oxygens (including phenoxy) is 1. The van der Waals surface area contributed by atoms with Crippen molar-refractivity contribution in [1.82, 2.24) is 9.78 Å². The molecule has 1 unspecified atom stereocenters. The number of amides is 1. The Kier molecular flexibility index (Phi) is 3.74. The maximum atomic E-state index is 11.7. The topological polar surface area (TPSA) is 56.1 Å². The van der Waals surface area contributed by atoms with Crippen LogP contribution in [0.1, 0.15) is 6.92 Å². The number of rotatable bonds is 4. The molecule has 0 saturated heterocycles. The third kappa shape index (κ3) is 2.75. The Balaban J connectivity index is 2.16. The fourth-order valence-electron chi connectivity index (χ4n) is 1.50. The Hall–Kier alpha value is -2.14. The molecule has 0 aliphatic heterocycles. The molecule has 0 aliphatic rings. The molecule has 2 aromatic rings. The Bertz CT molecular complexity index is 523. The van der Waals surface area contributed by atoms with Crippen molar-refractivity contribution in [2.75, 3.05) is 12.4 Å². The van der Waals surface area contributed by atoms with E-state index in [2.05, 4.69) is 10.4 Å². The molecule has 5 heteroatoms. The summed E-state index contributed by atoms with van der Waals surface area (Å²) in [6.45, 7) is 1.70. The summed E-state index contributed by atoms with van der Waals surface area (Å²) in [6.07, 6.45) is 3.08. The van der Waals surface area contributed by atoms with Gasteiger partial charge >= 0.3 is 0 Å². The molecule has 5 nitrogen and oxygen atoms in total. The normalized spacial score (nSPS) is 12.1. The molecule has 18 heavy (non-hydrogen) atoms. The molecule has 1 aromatic heterocycles. The fraction of sp³-hybridized carbons (Fsp3) is 0.231. The lowest BCUT2D eigenvalue weighted by molar-refractivity contribution is -0.124. The number of hydrogen-bond acceptors (Lipinski definition) is 3. The summed E-state index contributed by atoms with van der Waals surface area (Å²) >= 11 is 0. The van der Waals surface area contributed by atoms with Gasteiger partial charge < -0.3 is 10.1 Å². The molecule has 1 aromatic carbocycles. The number of benzene rings is 1. The van der Waals surface area contributed by atoms with Gasteiger partial charge in [-0.05, 0) is 31.2 Å². The van der Waals surface area contributed by atoms with Crippen LogP contribution in [0.25, 0.3) is 5.69 Å². The predicted octanol–water partition coefficient (Wildman–Crippen LogP) is 1.85. The number of nitrogens with one attached hydrogen (secondary N) is 1. The highest BCUT2D eigenvalue weighted by molar-refractivity contribution is 5.94. The van der Waals surface area contributed by atoms with E-state index in [4.69, 9.17) is 4.74 Å². The predicted molar refractivity (Wildman–Crippen MR) is 68.7 cm³/mol. The van der Waals surface area contributed by atoms with Crippen molar-refractivity contribution in [3.8, 4) is 5.69 Å². The van der Waals surface area contributed by atoms with Crippen LogP contribution in [0, 0.1) is 0 Å². The summed E-state index contributed by atoms with van der Waals surface area (Å²) < 4.78 is 6.69. The SMILES string of the molecule is COC(C)C(=O)Nc1cccc(-n2cccn2)c1. The van der Waals surface area contributed by atoms with Crippen LogP contribution in [0.4, 0.5) is 5.69 Å². The molecular weight excluding hydrogens is 230 g/mol. The van der Waals surface area contributed by atoms with Crippen molar-refractivity contribution in [3.05, 3.63) is 42.7 Å². The summed E-state index contributed by atoms with van der Waals surface area (Å²) in [5, 5.41) is 6.93. The minimum absolute atomic E-state index is 0.171. The van der Waals surface area contributed by atoms with E-state index in [9.17, 15) is 4.79 Å². The first-order valence-corrected chi connectivity index (χ1v) is 5.64. The van der Waals surface area contributed by atoms with Crippen molar-refractivity contribution in [3.63, 3.8) is 0 Å². The van der Waals surface area contributed by atoms with Gasteiger partial charge in [-0.1, -0.05) is 6.07 Å². The van der Waals surface area contributed by atoms with Gasteiger partial charge in [0.25, 0.3) is 5.91 Å². The van der Waals surface area contributed by atoms with E-state index in [1.807, 2.05) is 36.5 Å². The van der Waals surface area contributed by atoms with Gasteiger partial charge in [-0.25, -0.2) is 4.68 Å². The second kappa shape index (κ2) is 5.46. The average molecular weight is 245 g/mol. The van der Waals surface area contributed by atoms with E-state index >= 15 is 0 Å². The highest BCUT2D eigenvalue weighted by atomic mass is 16.5. The van der Waals surface area contributed by atoms with Crippen LogP contribution in [0.3, 0.4) is 0 Å². The molecule has 0 bridgehead atoms. The number of hydrogen-bond donors (Lipinski definition) is 1. The molecule has 1 heterocycles. The molecule has 1 amide bonds. The largest absolute Gasteiger partial charge is 0.372 e. The van der Waals surface area contributed by atoms with Crippen LogP contribution in [0.2, 0.25) is 0 Å². The summed E-state index contributed by atoms with van der Waals surface area (Å²) in [7, 11) is 1.50. The van der Waals surface area contributed by atoms with E-state index in [0.717, 1.165) is 11.4 Å². The zero-order valence-corrected chi connectivity index (χ0v) is 10.3. The summed E-state index contributed by atoms with van der Waals surface area (Å²) in [5.74, 6) is -0.171. The van der Waals surface area contributed by atoms with Gasteiger partial charge in [-0.3, -0.25) is 4.79 Å². The lowest BCUT2D eigenvalue weighted by atomic mass is 10.2. The highest BCUT2D eigenvalue weighted by Crippen LogP contribution is 2.14. The van der Waals surface area contributed by atoms with Gasteiger partial charge in [0.2, 0.25) is 0 Å². The first-order valence-electron chi connectivity index (χ1n) is 5.64. The summed E-state index contributed by atoms with van der Waals surface area (Å²) in [5.41, 5.74) is 1.61. The van der Waals surface area contributed by atoms with Gasteiger partial charge in [0.1, 0.15) is 6.10 Å². The van der Waals surface area contributed by atoms with Gasteiger partial charge in [-0.2, -0.15) is 5.10 Å². The Morgan fingerprint density at radius 2 is 2.28 bits per heavy atom. The van der Waals surface area contributed by atoms with Crippen molar-refractivity contribution >= 4 is 11.6 Å². The van der Waals surface area contributed by atoms with E-state index in [0.29, 0.717) is 0 Å². The van der Waals surface area contributed by atoms with Crippen LogP contribution < -0.4 is 5.32 Å². The quantitative estimate of drug-likeness (QED) is 0.894. The maximum Gasteiger partial charge on any atom is 0.253 e. The Morgan fingerprint density at radius 3 is 2.94 bits per heavy atom. The zero-order chi connectivity index (χ0) is 13.0. The number of carbonyl (C=O) groups excluding carboxylic acids is 1. The molecule has 2 rings (SSSR count). The molecule has 1 N–H and O–H groups in total. The minimum Gasteiger partial charge on any atom is -0.372 e. The Labute approximate surface area is 105 Å². The number of carbonyl (C=O) groups is 1. The highest BCUT2D eigenvalue weighted by Gasteiger charge is 2.11. The van der Waals surface area contributed by atoms with Gasteiger partial charge in [-0.15, -0.1) is 0 Å². The van der Waals surface area contributed by atoms with E-state index in [-0.39, 0.29) is 5.91 Å². The van der Waals surface area contributed by atoms with Gasteiger partial charge in [0.05, 0.1) is 5.69 Å². The maximum absolute atomic E-state index is 11.7. The molecule has 0 aliphatic carbocycles. The average Bonchev–Trinajstić information content (AvgIpc) is 2.92. The number of methoxy groups -OCH3 is 1. The van der Waals surface area contributed by atoms with E-state index in [1.54, 1.807) is 17.8 Å². The van der Waals surface area contributed by atoms with Crippen LogP contribution in [-0.2, 0) is 9.53 Å². The summed E-state index contributed by atoms with van der Waals surface area (Å²) in [4.78, 5) is 11.7. The third-order valence-electron chi connectivity index (χ3n) is 2.61. The minimum atomic E-state index is -0.474. The first kappa shape index (κ1) is 12.3. The number of aromatic nitrogens is 2. The second-order valence-electron chi connectivity index (χ2n) is 3.87. The zero-order valence-electron chi connectivity index (χ0n) is 10.3. The number of anilines is 1. The van der Waals surface area contributed by atoms with Crippen LogP contribution in [-0.4, -0.2) is 28.9 Å². The van der Waals surface area contributed by atoms with Crippen LogP contribution in [0.15, 0.2) is 42.7 Å². The molecule has 0 radical (unpaired) electrons. The lowest BCUT2D eigenvalue weighted by Crippen LogP contribution is -2.26. The van der Waals surface area contributed by atoms with Gasteiger partial charge in [0, 0.05) is 25.2 Å². The molecule has 0 fully saturated rings. The van der Waals surface area contributed by atoms with Crippen molar-refractivity contribution in [1.29, 1.82) is 0 Å². The Morgan fingerprint density at radius 1 is 1.44 bits per heavy atom. The second-order valence-corrected chi connectivity index (χ2v) is 3.87. The van der Waals surface area contributed by atoms with E-state index < -0.39 is 6.10 Å². The van der Waals surface area contributed by atoms with Gasteiger partial charge in [0.15, 0.2) is 0 Å². The summed E-state index contributed by atoms with van der Waals surface area (Å²) in [6, 6.07) is 9.31. The first-order chi connectivity index (χ1) is 8.70. The third-order valence-corrected chi connectivity index (χ3v) is 2.61. The molecule has 0 saturated carbocycles. The van der Waals surface area contributed by atoms with Crippen molar-refractivity contribution < 1.29 is 9.53 Å². The molecule has 1 atom stereocenters. The molecule has 94 valence electrons. The van der Waals surface area contributed by atoms with Crippen molar-refractivity contribution in [2.45, 2.75) is 13.0 Å². The standard InChI is InChI=1S/C13H15N3O2/c1-10(18-2)13(17)15-11-5-3-6-12(9-11)16-8-4-7-14-16/h3-10H,1-2H3,(H,15,17). The number of nitrogens with zero attached hydrogens (tertiary/aromatic N) is 2.